The lowest BCUT2D eigenvalue weighted by molar-refractivity contribution is -0.130. The summed E-state index contributed by atoms with van der Waals surface area (Å²) >= 11 is 0. The molecule has 0 N–H and O–H groups in total. The van der Waals surface area contributed by atoms with Gasteiger partial charge in [-0.1, -0.05) is 25.0 Å². The molecule has 4 nitrogen and oxygen atoms in total. The Morgan fingerprint density at radius 1 is 1.40 bits per heavy atom. The van der Waals surface area contributed by atoms with Crippen LogP contribution in [0.5, 0.6) is 0 Å². The molecule has 20 heavy (non-hydrogen) atoms. The summed E-state index contributed by atoms with van der Waals surface area (Å²) in [7, 11) is 1.84. The van der Waals surface area contributed by atoms with Crippen molar-refractivity contribution in [1.29, 1.82) is 0 Å². The van der Waals surface area contributed by atoms with E-state index >= 15 is 0 Å². The highest BCUT2D eigenvalue weighted by molar-refractivity contribution is 5.80. The predicted octanol–water partition coefficient (Wildman–Crippen LogP) is 2.20. The second kappa shape index (κ2) is 6.91. The van der Waals surface area contributed by atoms with E-state index in [9.17, 15) is 9.59 Å². The summed E-state index contributed by atoms with van der Waals surface area (Å²) in [5, 5.41) is 0. The Bertz CT molecular complexity index is 386. The van der Waals surface area contributed by atoms with E-state index in [4.69, 9.17) is 0 Å². The van der Waals surface area contributed by atoms with Gasteiger partial charge in [-0.25, -0.2) is 0 Å². The van der Waals surface area contributed by atoms with Gasteiger partial charge in [-0.15, -0.1) is 0 Å². The van der Waals surface area contributed by atoms with Crippen molar-refractivity contribution >= 4 is 11.8 Å². The summed E-state index contributed by atoms with van der Waals surface area (Å²) in [6.07, 6.45) is 9.67. The van der Waals surface area contributed by atoms with E-state index < -0.39 is 0 Å². The average molecular weight is 278 g/mol. The minimum absolute atomic E-state index is 0.134. The smallest absolute Gasteiger partial charge is 0.226 e. The molecule has 2 amide bonds. The normalized spacial score (nSPS) is 24.0. The van der Waals surface area contributed by atoms with Crippen molar-refractivity contribution in [1.82, 2.24) is 9.80 Å². The number of carbonyl (C=O) groups is 2. The highest BCUT2D eigenvalue weighted by Gasteiger charge is 2.36. The Labute approximate surface area is 121 Å². The Kier molecular flexibility index (Phi) is 5.21. The van der Waals surface area contributed by atoms with Crippen molar-refractivity contribution < 1.29 is 9.59 Å². The van der Waals surface area contributed by atoms with Crippen LogP contribution in [-0.2, 0) is 9.59 Å². The average Bonchev–Trinajstić information content (AvgIpc) is 3.05. The maximum atomic E-state index is 12.1. The zero-order valence-electron chi connectivity index (χ0n) is 12.7. The summed E-state index contributed by atoms with van der Waals surface area (Å²) < 4.78 is 0. The second-order valence-corrected chi connectivity index (χ2v) is 6.10. The van der Waals surface area contributed by atoms with Crippen LogP contribution < -0.4 is 0 Å². The maximum Gasteiger partial charge on any atom is 0.226 e. The molecule has 4 heteroatoms. The van der Waals surface area contributed by atoms with Gasteiger partial charge in [0.05, 0.1) is 0 Å². The van der Waals surface area contributed by atoms with E-state index in [0.29, 0.717) is 31.3 Å². The topological polar surface area (TPSA) is 40.6 Å². The van der Waals surface area contributed by atoms with Crippen LogP contribution >= 0.6 is 0 Å². The first-order valence-corrected chi connectivity index (χ1v) is 7.76. The highest BCUT2D eigenvalue weighted by Crippen LogP contribution is 2.29. The number of allylic oxidation sites excluding steroid dienone is 1. The number of likely N-dealkylation sites (tertiary alicyclic amines) is 1. The molecular weight excluding hydrogens is 252 g/mol. The fraction of sp³-hybridized carbons (Fsp3) is 0.750. The van der Waals surface area contributed by atoms with Crippen LogP contribution in [-0.4, -0.2) is 47.8 Å². The van der Waals surface area contributed by atoms with E-state index in [-0.39, 0.29) is 11.8 Å². The molecule has 0 radical (unpaired) electrons. The molecule has 0 bridgehead atoms. The lowest BCUT2D eigenvalue weighted by atomic mass is 10.1. The first kappa shape index (κ1) is 15.1. The summed E-state index contributed by atoms with van der Waals surface area (Å²) in [5.74, 6) is 0.730. The van der Waals surface area contributed by atoms with E-state index in [1.165, 1.54) is 12.8 Å². The van der Waals surface area contributed by atoms with Gasteiger partial charge in [-0.2, -0.15) is 0 Å². The number of carbonyl (C=O) groups excluding carboxylic acids is 2. The Morgan fingerprint density at radius 3 is 2.75 bits per heavy atom. The largest absolute Gasteiger partial charge is 0.345 e. The van der Waals surface area contributed by atoms with Gasteiger partial charge in [0.2, 0.25) is 11.8 Å². The van der Waals surface area contributed by atoms with Crippen LogP contribution in [0.1, 0.15) is 45.4 Å². The quantitative estimate of drug-likeness (QED) is 0.723. The van der Waals surface area contributed by atoms with Crippen LogP contribution in [0.4, 0.5) is 0 Å². The van der Waals surface area contributed by atoms with E-state index in [1.807, 2.05) is 26.1 Å². The van der Waals surface area contributed by atoms with Crippen molar-refractivity contribution in [3.8, 4) is 0 Å². The van der Waals surface area contributed by atoms with Crippen molar-refractivity contribution in [2.45, 2.75) is 51.5 Å². The number of amides is 2. The first-order chi connectivity index (χ1) is 9.61. The Morgan fingerprint density at radius 2 is 2.10 bits per heavy atom. The summed E-state index contributed by atoms with van der Waals surface area (Å²) in [6.45, 7) is 3.46. The molecule has 1 saturated heterocycles. The molecule has 2 rings (SSSR count). The summed E-state index contributed by atoms with van der Waals surface area (Å²) in [4.78, 5) is 27.8. The van der Waals surface area contributed by atoms with Gasteiger partial charge >= 0.3 is 0 Å². The predicted molar refractivity (Wildman–Crippen MR) is 79.1 cm³/mol. The molecule has 0 aromatic rings. The standard InChI is InChI=1S/C16H26N2O2/c1-3-4-9-15(19)17(2)11-13-10-16(20)18(12-13)14-7-5-6-8-14/h3-4,13-14H,5-12H2,1-2H3/b4-3+/t13-/m1/s1. The van der Waals surface area contributed by atoms with E-state index in [2.05, 4.69) is 4.90 Å². The van der Waals surface area contributed by atoms with E-state index in [1.54, 1.807) is 4.90 Å². The number of hydrogen-bond donors (Lipinski definition) is 0. The monoisotopic (exact) mass is 278 g/mol. The second-order valence-electron chi connectivity index (χ2n) is 6.10. The molecule has 1 heterocycles. The highest BCUT2D eigenvalue weighted by atomic mass is 16.2. The molecule has 1 atom stereocenters. The van der Waals surface area contributed by atoms with Crippen LogP contribution in [0.25, 0.3) is 0 Å². The number of rotatable bonds is 5. The minimum atomic E-state index is 0.134. The van der Waals surface area contributed by atoms with Gasteiger partial charge in [0.15, 0.2) is 0 Å². The molecule has 1 saturated carbocycles. The SMILES string of the molecule is C/C=C/CC(=O)N(C)C[C@H]1CC(=O)N(C2CCCC2)C1. The van der Waals surface area contributed by atoms with Crippen molar-refractivity contribution in [2.24, 2.45) is 5.92 Å². The van der Waals surface area contributed by atoms with E-state index in [0.717, 1.165) is 19.4 Å². The van der Waals surface area contributed by atoms with Crippen molar-refractivity contribution in [3.63, 3.8) is 0 Å². The lowest BCUT2D eigenvalue weighted by Crippen LogP contribution is -2.36. The number of hydrogen-bond acceptors (Lipinski definition) is 2. The van der Waals surface area contributed by atoms with Gasteiger partial charge in [0.1, 0.15) is 0 Å². The molecular formula is C16H26N2O2. The van der Waals surface area contributed by atoms with Gasteiger partial charge in [0.25, 0.3) is 0 Å². The molecule has 1 aliphatic carbocycles. The van der Waals surface area contributed by atoms with Crippen molar-refractivity contribution in [3.05, 3.63) is 12.2 Å². The van der Waals surface area contributed by atoms with Gasteiger partial charge in [-0.05, 0) is 19.8 Å². The Balaban J connectivity index is 1.82. The third-order valence-corrected chi connectivity index (χ3v) is 4.49. The van der Waals surface area contributed by atoms with Gasteiger partial charge in [-0.3, -0.25) is 9.59 Å². The van der Waals surface area contributed by atoms with Gasteiger partial charge < -0.3 is 9.80 Å². The lowest BCUT2D eigenvalue weighted by Gasteiger charge is -2.25. The van der Waals surface area contributed by atoms with Crippen molar-refractivity contribution in [2.75, 3.05) is 20.1 Å². The van der Waals surface area contributed by atoms with Crippen LogP contribution in [0, 0.1) is 5.92 Å². The molecule has 1 aliphatic heterocycles. The minimum Gasteiger partial charge on any atom is -0.345 e. The van der Waals surface area contributed by atoms with Crippen LogP contribution in [0.2, 0.25) is 0 Å². The third kappa shape index (κ3) is 3.62. The number of nitrogens with zero attached hydrogens (tertiary/aromatic N) is 2. The fourth-order valence-electron chi connectivity index (χ4n) is 3.36. The molecule has 0 aromatic carbocycles. The van der Waals surface area contributed by atoms with Gasteiger partial charge in [0, 0.05) is 44.9 Å². The zero-order valence-corrected chi connectivity index (χ0v) is 12.7. The summed E-state index contributed by atoms with van der Waals surface area (Å²) in [5.41, 5.74) is 0. The maximum absolute atomic E-state index is 12.1. The first-order valence-electron chi connectivity index (χ1n) is 7.76. The summed E-state index contributed by atoms with van der Waals surface area (Å²) in [6, 6.07) is 0.469. The molecule has 0 spiro atoms. The fourth-order valence-corrected chi connectivity index (χ4v) is 3.36. The molecule has 0 aromatic heterocycles. The zero-order chi connectivity index (χ0) is 14.5. The molecule has 0 unspecified atom stereocenters. The molecule has 2 aliphatic rings. The van der Waals surface area contributed by atoms with Crippen LogP contribution in [0.15, 0.2) is 12.2 Å². The third-order valence-electron chi connectivity index (χ3n) is 4.49. The molecule has 2 fully saturated rings. The Hall–Kier alpha value is -1.32. The molecule has 112 valence electrons. The van der Waals surface area contributed by atoms with Crippen LogP contribution in [0.3, 0.4) is 0 Å².